The van der Waals surface area contributed by atoms with Crippen molar-refractivity contribution in [3.8, 4) is 0 Å². The number of imidazole rings is 1. The zero-order chi connectivity index (χ0) is 19.1. The molecule has 1 unspecified atom stereocenters. The third-order valence-corrected chi connectivity index (χ3v) is 5.08. The molecule has 0 aliphatic carbocycles. The number of aliphatic imine (C=N–C) groups is 1. The second-order valence-electron chi connectivity index (χ2n) is 7.29. The summed E-state index contributed by atoms with van der Waals surface area (Å²) >= 11 is 0. The highest BCUT2D eigenvalue weighted by atomic mass is 16.5. The van der Waals surface area contributed by atoms with Gasteiger partial charge in [-0.05, 0) is 18.1 Å². The molecule has 1 fully saturated rings. The lowest BCUT2D eigenvalue weighted by Crippen LogP contribution is -2.52. The van der Waals surface area contributed by atoms with Crippen LogP contribution in [0.15, 0.2) is 29.3 Å². The Morgan fingerprint density at radius 2 is 2.04 bits per heavy atom. The summed E-state index contributed by atoms with van der Waals surface area (Å²) in [5, 5.41) is 6.88. The molecule has 1 aromatic carbocycles. The molecule has 0 spiro atoms. The van der Waals surface area contributed by atoms with Gasteiger partial charge in [-0.25, -0.2) is 4.98 Å². The maximum absolute atomic E-state index is 5.49. The number of hydrogen-bond acceptors (Lipinski definition) is 4. The Morgan fingerprint density at radius 1 is 1.26 bits per heavy atom. The minimum atomic E-state index is 0.475. The summed E-state index contributed by atoms with van der Waals surface area (Å²) in [6.45, 7) is 9.87. The van der Waals surface area contributed by atoms with E-state index in [0.717, 1.165) is 68.6 Å². The van der Waals surface area contributed by atoms with Gasteiger partial charge in [-0.1, -0.05) is 26.0 Å². The third-order valence-electron chi connectivity index (χ3n) is 5.08. The van der Waals surface area contributed by atoms with Crippen LogP contribution < -0.4 is 10.6 Å². The molecule has 1 saturated heterocycles. The maximum atomic E-state index is 5.49. The Kier molecular flexibility index (Phi) is 7.06. The summed E-state index contributed by atoms with van der Waals surface area (Å²) in [4.78, 5) is 14.9. The molecule has 2 heterocycles. The van der Waals surface area contributed by atoms with Crippen molar-refractivity contribution in [3.63, 3.8) is 0 Å². The van der Waals surface area contributed by atoms with E-state index in [2.05, 4.69) is 50.4 Å². The summed E-state index contributed by atoms with van der Waals surface area (Å²) in [5.41, 5.74) is 2.10. The third kappa shape index (κ3) is 5.43. The molecule has 7 heteroatoms. The number of hydrogen-bond donors (Lipinski definition) is 3. The van der Waals surface area contributed by atoms with Gasteiger partial charge in [0.25, 0.3) is 0 Å². The van der Waals surface area contributed by atoms with E-state index in [1.807, 2.05) is 25.2 Å². The summed E-state index contributed by atoms with van der Waals surface area (Å²) in [7, 11) is 1.82. The van der Waals surface area contributed by atoms with Crippen LogP contribution in [0.4, 0.5) is 0 Å². The van der Waals surface area contributed by atoms with Gasteiger partial charge in [0.05, 0.1) is 24.2 Å². The summed E-state index contributed by atoms with van der Waals surface area (Å²) in [5.74, 6) is 2.40. The summed E-state index contributed by atoms with van der Waals surface area (Å²) in [6, 6.07) is 8.59. The lowest BCUT2D eigenvalue weighted by Gasteiger charge is -2.37. The minimum absolute atomic E-state index is 0.475. The number of rotatable bonds is 7. The highest BCUT2D eigenvalue weighted by Gasteiger charge is 2.23. The lowest BCUT2D eigenvalue weighted by molar-refractivity contribution is 0.00752. The van der Waals surface area contributed by atoms with Gasteiger partial charge in [0, 0.05) is 45.7 Å². The molecule has 27 heavy (non-hydrogen) atoms. The zero-order valence-corrected chi connectivity index (χ0v) is 16.7. The van der Waals surface area contributed by atoms with E-state index in [1.54, 1.807) is 0 Å². The molecule has 148 valence electrons. The SMILES string of the molecule is CN=C(NCCc1nc2ccccc2[nH]1)NCC(C(C)C)N1CCOCC1. The first-order chi connectivity index (χ1) is 13.2. The number of para-hydroxylation sites is 2. The van der Waals surface area contributed by atoms with Gasteiger partial charge >= 0.3 is 0 Å². The van der Waals surface area contributed by atoms with Crippen molar-refractivity contribution in [1.82, 2.24) is 25.5 Å². The largest absolute Gasteiger partial charge is 0.379 e. The Balaban J connectivity index is 1.46. The van der Waals surface area contributed by atoms with Crippen molar-refractivity contribution in [2.45, 2.75) is 26.3 Å². The van der Waals surface area contributed by atoms with E-state index in [0.29, 0.717) is 12.0 Å². The Labute approximate surface area is 161 Å². The van der Waals surface area contributed by atoms with Gasteiger partial charge in [-0.2, -0.15) is 0 Å². The number of aromatic amines is 1. The van der Waals surface area contributed by atoms with E-state index >= 15 is 0 Å². The Morgan fingerprint density at radius 3 is 2.74 bits per heavy atom. The first-order valence-corrected chi connectivity index (χ1v) is 9.87. The van der Waals surface area contributed by atoms with Crippen LogP contribution in [-0.4, -0.2) is 73.3 Å². The van der Waals surface area contributed by atoms with Gasteiger partial charge in [0.1, 0.15) is 5.82 Å². The molecule has 0 amide bonds. The number of nitrogens with one attached hydrogen (secondary N) is 3. The molecule has 3 rings (SSSR count). The van der Waals surface area contributed by atoms with Crippen LogP contribution in [0.3, 0.4) is 0 Å². The highest BCUT2D eigenvalue weighted by molar-refractivity contribution is 5.79. The average molecular weight is 373 g/mol. The van der Waals surface area contributed by atoms with Crippen molar-refractivity contribution in [2.75, 3.05) is 46.4 Å². The zero-order valence-electron chi connectivity index (χ0n) is 16.7. The van der Waals surface area contributed by atoms with Crippen molar-refractivity contribution in [2.24, 2.45) is 10.9 Å². The number of aromatic nitrogens is 2. The van der Waals surface area contributed by atoms with Crippen LogP contribution in [0.25, 0.3) is 11.0 Å². The van der Waals surface area contributed by atoms with E-state index in [9.17, 15) is 0 Å². The van der Waals surface area contributed by atoms with Crippen LogP contribution in [0.5, 0.6) is 0 Å². The predicted octanol–water partition coefficient (Wildman–Crippen LogP) is 1.63. The predicted molar refractivity (Wildman–Crippen MR) is 110 cm³/mol. The first kappa shape index (κ1) is 19.6. The molecule has 7 nitrogen and oxygen atoms in total. The van der Waals surface area contributed by atoms with Crippen LogP contribution in [0, 0.1) is 5.92 Å². The fraction of sp³-hybridized carbons (Fsp3) is 0.600. The average Bonchev–Trinajstić information content (AvgIpc) is 3.10. The molecule has 1 aromatic heterocycles. The van der Waals surface area contributed by atoms with E-state index in [1.165, 1.54) is 0 Å². The van der Waals surface area contributed by atoms with Crippen molar-refractivity contribution < 1.29 is 4.74 Å². The quantitative estimate of drug-likeness (QED) is 0.509. The number of benzene rings is 1. The van der Waals surface area contributed by atoms with Gasteiger partial charge in [0.15, 0.2) is 5.96 Å². The van der Waals surface area contributed by atoms with Crippen molar-refractivity contribution >= 4 is 17.0 Å². The van der Waals surface area contributed by atoms with Gasteiger partial charge in [-0.15, -0.1) is 0 Å². The Bertz CT molecular complexity index is 702. The molecule has 0 saturated carbocycles. The van der Waals surface area contributed by atoms with E-state index in [-0.39, 0.29) is 0 Å². The first-order valence-electron chi connectivity index (χ1n) is 9.87. The smallest absolute Gasteiger partial charge is 0.191 e. The second-order valence-corrected chi connectivity index (χ2v) is 7.29. The maximum Gasteiger partial charge on any atom is 0.191 e. The molecule has 1 aliphatic heterocycles. The van der Waals surface area contributed by atoms with Crippen LogP contribution in [0.2, 0.25) is 0 Å². The fourth-order valence-corrected chi connectivity index (χ4v) is 3.54. The van der Waals surface area contributed by atoms with Gasteiger partial charge in [0.2, 0.25) is 0 Å². The number of H-pyrrole nitrogens is 1. The molecule has 0 bridgehead atoms. The number of morpholine rings is 1. The normalized spacial score (nSPS) is 17.4. The van der Waals surface area contributed by atoms with E-state index < -0.39 is 0 Å². The monoisotopic (exact) mass is 372 g/mol. The molecule has 3 N–H and O–H groups in total. The van der Waals surface area contributed by atoms with Crippen molar-refractivity contribution in [3.05, 3.63) is 30.1 Å². The van der Waals surface area contributed by atoms with Crippen LogP contribution in [-0.2, 0) is 11.2 Å². The number of fused-ring (bicyclic) bond motifs is 1. The topological polar surface area (TPSA) is 77.6 Å². The molecular formula is C20H32N6O. The summed E-state index contributed by atoms with van der Waals surface area (Å²) in [6.07, 6.45) is 0.826. The number of ether oxygens (including phenoxy) is 1. The van der Waals surface area contributed by atoms with Gasteiger partial charge < -0.3 is 20.4 Å². The molecule has 1 atom stereocenters. The molecule has 2 aromatic rings. The molecular weight excluding hydrogens is 340 g/mol. The lowest BCUT2D eigenvalue weighted by atomic mass is 10.0. The summed E-state index contributed by atoms with van der Waals surface area (Å²) < 4.78 is 5.49. The Hall–Kier alpha value is -2.12. The highest BCUT2D eigenvalue weighted by Crippen LogP contribution is 2.12. The minimum Gasteiger partial charge on any atom is -0.379 e. The van der Waals surface area contributed by atoms with Gasteiger partial charge in [-0.3, -0.25) is 9.89 Å². The molecule has 1 aliphatic rings. The standard InChI is InChI=1S/C20H32N6O/c1-15(2)18(26-10-12-27-13-11-26)14-23-20(21-3)22-9-8-19-24-16-6-4-5-7-17(16)25-19/h4-7,15,18H,8-14H2,1-3H3,(H,24,25)(H2,21,22,23). The van der Waals surface area contributed by atoms with Crippen LogP contribution in [0.1, 0.15) is 19.7 Å². The second kappa shape index (κ2) is 9.71. The molecule has 0 radical (unpaired) electrons. The number of nitrogens with zero attached hydrogens (tertiary/aromatic N) is 3. The van der Waals surface area contributed by atoms with E-state index in [4.69, 9.17) is 4.74 Å². The fourth-order valence-electron chi connectivity index (χ4n) is 3.54. The van der Waals surface area contributed by atoms with Crippen LogP contribution >= 0.6 is 0 Å². The van der Waals surface area contributed by atoms with Crippen molar-refractivity contribution in [1.29, 1.82) is 0 Å². The number of guanidine groups is 1.